The average Bonchev–Trinajstić information content (AvgIpc) is 3.79. The van der Waals surface area contributed by atoms with Gasteiger partial charge in [0.15, 0.2) is 0 Å². The summed E-state index contributed by atoms with van der Waals surface area (Å²) in [6.45, 7) is 12.3. The molecule has 5 rings (SSSR count). The second-order valence-corrected chi connectivity index (χ2v) is 12.5. The Morgan fingerprint density at radius 1 is 0.740 bits per heavy atom. The van der Waals surface area contributed by atoms with Gasteiger partial charge in [0.2, 0.25) is 0 Å². The highest BCUT2D eigenvalue weighted by molar-refractivity contribution is 5.98. The van der Waals surface area contributed by atoms with Crippen LogP contribution in [0.4, 0.5) is 0 Å². The maximum atomic E-state index is 12.3. The lowest BCUT2D eigenvalue weighted by Gasteiger charge is -2.05. The Morgan fingerprint density at radius 3 is 1.98 bits per heavy atom. The third-order valence-electron chi connectivity index (χ3n) is 9.82. The number of hydrogen-bond acceptors (Lipinski definition) is 8. The van der Waals surface area contributed by atoms with Gasteiger partial charge < -0.3 is 19.4 Å². The minimum atomic E-state index is -0.310. The Morgan fingerprint density at radius 2 is 1.36 bits per heavy atom. The molecular weight excluding hydrogens is 628 g/mol. The summed E-state index contributed by atoms with van der Waals surface area (Å²) in [4.78, 5) is 42.1. The van der Waals surface area contributed by atoms with Gasteiger partial charge in [-0.3, -0.25) is 9.59 Å². The molecule has 2 aliphatic heterocycles. The van der Waals surface area contributed by atoms with Crippen LogP contribution in [0.2, 0.25) is 0 Å². The van der Waals surface area contributed by atoms with Crippen molar-refractivity contribution in [1.29, 1.82) is 10.5 Å². The van der Waals surface area contributed by atoms with E-state index < -0.39 is 0 Å². The topological polar surface area (TPSA) is 158 Å². The van der Waals surface area contributed by atoms with Gasteiger partial charge in [-0.25, -0.2) is 9.97 Å². The van der Waals surface area contributed by atoms with Gasteiger partial charge in [0.1, 0.15) is 17.7 Å². The van der Waals surface area contributed by atoms with Crippen LogP contribution in [0.15, 0.2) is 23.8 Å². The number of rotatable bonds is 9. The van der Waals surface area contributed by atoms with Crippen molar-refractivity contribution in [3.05, 3.63) is 74.4 Å². The molecule has 0 atom stereocenters. The van der Waals surface area contributed by atoms with E-state index in [0.717, 1.165) is 84.4 Å². The van der Waals surface area contributed by atoms with E-state index in [1.54, 1.807) is 6.08 Å². The molecule has 256 valence electrons. The summed E-state index contributed by atoms with van der Waals surface area (Å²) in [5, 5.41) is 19.7. The Balaban J connectivity index is 2.01. The minimum Gasteiger partial charge on any atom is -0.469 e. The lowest BCUT2D eigenvalue weighted by Crippen LogP contribution is -2.02. The second kappa shape index (κ2) is 14.8. The smallest absolute Gasteiger partial charge is 0.305 e. The highest BCUT2D eigenvalue weighted by Gasteiger charge is 2.24. The standard InChI is InChI=1S/C40H42N6O4/c1-9-26-24(6)39-30(15-25(19-41)20-42)40-27(10-2)21(3)33(45-40)16-31-22(4)28(11-13-37(47)49-7)35(43-31)18-36-29(12-14-38(48)50-8)23(5)32(44-36)17-34(26)46-39/h15-18,44,46H,9-14H2,1-8H3. The number of allylic oxidation sites excluding steroid dienone is 5. The molecule has 5 heterocycles. The number of aromatic nitrogens is 4. The number of ether oxygens (including phenoxy) is 2. The summed E-state index contributed by atoms with van der Waals surface area (Å²) in [6.07, 6.45) is 4.32. The maximum absolute atomic E-state index is 12.3. The van der Waals surface area contributed by atoms with Gasteiger partial charge >= 0.3 is 11.9 Å². The van der Waals surface area contributed by atoms with E-state index in [2.05, 4.69) is 29.9 Å². The zero-order valence-corrected chi connectivity index (χ0v) is 30.0. The largest absolute Gasteiger partial charge is 0.469 e. The molecular formula is C40H42N6O4. The summed E-state index contributed by atoms with van der Waals surface area (Å²) in [5.41, 5.74) is 14.8. The molecule has 10 nitrogen and oxygen atoms in total. The van der Waals surface area contributed by atoms with Crippen LogP contribution in [0.5, 0.6) is 0 Å². The number of nitrogens with one attached hydrogen (secondary N) is 2. The van der Waals surface area contributed by atoms with Gasteiger partial charge in [-0.05, 0) is 122 Å². The molecule has 2 aliphatic rings. The molecule has 0 aliphatic carbocycles. The Bertz CT molecular complexity index is 2250. The number of carbonyl (C=O) groups excluding carboxylic acids is 2. The van der Waals surface area contributed by atoms with Crippen molar-refractivity contribution in [3.63, 3.8) is 0 Å². The summed E-state index contributed by atoms with van der Waals surface area (Å²) in [7, 11) is 2.77. The number of nitrogens with zero attached hydrogens (tertiary/aromatic N) is 4. The molecule has 0 unspecified atom stereocenters. The summed E-state index contributed by atoms with van der Waals surface area (Å²) < 4.78 is 9.94. The van der Waals surface area contributed by atoms with Gasteiger partial charge in [0.05, 0.1) is 42.5 Å². The molecule has 0 spiro atoms. The Labute approximate surface area is 292 Å². The van der Waals surface area contributed by atoms with Crippen LogP contribution in [0.3, 0.4) is 0 Å². The first-order valence-electron chi connectivity index (χ1n) is 16.8. The van der Waals surface area contributed by atoms with Crippen molar-refractivity contribution >= 4 is 62.4 Å². The van der Waals surface area contributed by atoms with Crippen LogP contribution < -0.4 is 0 Å². The first kappa shape index (κ1) is 35.6. The number of fused-ring (bicyclic) bond motifs is 8. The fraction of sp³-hybridized carbons (Fsp3) is 0.350. The average molecular weight is 671 g/mol. The number of aryl methyl sites for hydroxylation is 4. The number of nitriles is 2. The van der Waals surface area contributed by atoms with Crippen molar-refractivity contribution in [2.75, 3.05) is 14.2 Å². The highest BCUT2D eigenvalue weighted by atomic mass is 16.5. The number of methoxy groups -OCH3 is 2. The van der Waals surface area contributed by atoms with E-state index in [4.69, 9.17) is 19.4 Å². The van der Waals surface area contributed by atoms with E-state index >= 15 is 0 Å². The van der Waals surface area contributed by atoms with Gasteiger partial charge in [0.25, 0.3) is 0 Å². The summed E-state index contributed by atoms with van der Waals surface area (Å²) >= 11 is 0. The summed E-state index contributed by atoms with van der Waals surface area (Å²) in [5.74, 6) is -0.611. The van der Waals surface area contributed by atoms with E-state index in [9.17, 15) is 20.1 Å². The molecule has 8 bridgehead atoms. The van der Waals surface area contributed by atoms with E-state index in [-0.39, 0.29) is 30.4 Å². The van der Waals surface area contributed by atoms with Gasteiger partial charge in [0, 0.05) is 35.0 Å². The van der Waals surface area contributed by atoms with Gasteiger partial charge in [-0.15, -0.1) is 0 Å². The normalized spacial score (nSPS) is 12.4. The molecule has 0 aromatic carbocycles. The fourth-order valence-corrected chi connectivity index (χ4v) is 6.94. The van der Waals surface area contributed by atoms with Crippen molar-refractivity contribution in [1.82, 2.24) is 19.9 Å². The lowest BCUT2D eigenvalue weighted by molar-refractivity contribution is -0.141. The monoisotopic (exact) mass is 670 g/mol. The van der Waals surface area contributed by atoms with Gasteiger partial charge in [-0.1, -0.05) is 13.8 Å². The number of esters is 2. The third-order valence-corrected chi connectivity index (χ3v) is 9.82. The molecule has 3 aromatic rings. The molecule has 0 amide bonds. The van der Waals surface area contributed by atoms with Crippen molar-refractivity contribution < 1.29 is 19.1 Å². The Kier molecular flexibility index (Phi) is 10.5. The number of aromatic amines is 2. The quantitative estimate of drug-likeness (QED) is 0.170. The molecule has 3 aromatic heterocycles. The van der Waals surface area contributed by atoms with Crippen LogP contribution in [0.1, 0.15) is 104 Å². The molecule has 50 heavy (non-hydrogen) atoms. The van der Waals surface area contributed by atoms with Crippen LogP contribution in [-0.4, -0.2) is 46.1 Å². The zero-order valence-electron chi connectivity index (χ0n) is 30.0. The van der Waals surface area contributed by atoms with E-state index in [1.807, 2.05) is 52.0 Å². The van der Waals surface area contributed by atoms with Gasteiger partial charge in [-0.2, -0.15) is 10.5 Å². The van der Waals surface area contributed by atoms with E-state index in [0.29, 0.717) is 36.2 Å². The second-order valence-electron chi connectivity index (χ2n) is 12.5. The van der Waals surface area contributed by atoms with Crippen molar-refractivity contribution in [2.24, 2.45) is 0 Å². The molecule has 0 radical (unpaired) electrons. The number of hydrogen-bond donors (Lipinski definition) is 2. The molecule has 0 saturated carbocycles. The highest BCUT2D eigenvalue weighted by Crippen LogP contribution is 2.39. The molecule has 0 saturated heterocycles. The van der Waals surface area contributed by atoms with E-state index in [1.165, 1.54) is 14.2 Å². The zero-order chi connectivity index (χ0) is 36.3. The van der Waals surface area contributed by atoms with Crippen LogP contribution in [0.25, 0.3) is 50.4 Å². The number of carbonyl (C=O) groups is 2. The first-order valence-corrected chi connectivity index (χ1v) is 16.8. The Hall–Kier alpha value is -5.74. The lowest BCUT2D eigenvalue weighted by atomic mass is 9.97. The SMILES string of the molecule is CCC1=C(C)c2cc3nc(cc4[nH]c(cc5[nH]c(c(C)c5CC)c(C=C(C#N)C#N)c1n2)c(C)c4CCC(=O)OC)C(CCC(=O)OC)=C3C. The minimum absolute atomic E-state index is 0.0238. The molecule has 10 heteroatoms. The van der Waals surface area contributed by atoms with Crippen molar-refractivity contribution in [2.45, 2.75) is 80.1 Å². The van der Waals surface area contributed by atoms with Crippen molar-refractivity contribution in [3.8, 4) is 12.1 Å². The molecule has 2 N–H and O–H groups in total. The predicted molar refractivity (Wildman–Crippen MR) is 196 cm³/mol. The van der Waals surface area contributed by atoms with Crippen LogP contribution in [0, 0.1) is 36.5 Å². The fourth-order valence-electron chi connectivity index (χ4n) is 6.94. The number of H-pyrrole nitrogens is 2. The molecule has 0 fully saturated rings. The third kappa shape index (κ3) is 6.62. The predicted octanol–water partition coefficient (Wildman–Crippen LogP) is 8.25. The summed E-state index contributed by atoms with van der Waals surface area (Å²) in [6, 6.07) is 10.1. The van der Waals surface area contributed by atoms with Crippen LogP contribution >= 0.6 is 0 Å². The first-order chi connectivity index (χ1) is 24.0. The maximum Gasteiger partial charge on any atom is 0.305 e. The van der Waals surface area contributed by atoms with Crippen LogP contribution in [-0.2, 0) is 31.9 Å².